The fourth-order valence-corrected chi connectivity index (χ4v) is 2.00. The van der Waals surface area contributed by atoms with Gasteiger partial charge in [-0.1, -0.05) is 11.6 Å². The lowest BCUT2D eigenvalue weighted by Crippen LogP contribution is -2.42. The molecule has 0 aliphatic rings. The molecule has 0 saturated heterocycles. The number of benzene rings is 1. The maximum Gasteiger partial charge on any atom is 0.254 e. The van der Waals surface area contributed by atoms with Gasteiger partial charge in [0.2, 0.25) is 0 Å². The summed E-state index contributed by atoms with van der Waals surface area (Å²) in [5, 5.41) is 9.91. The Morgan fingerprint density at radius 2 is 2.05 bits per heavy atom. The number of ether oxygens (including phenoxy) is 1. The van der Waals surface area contributed by atoms with Crippen molar-refractivity contribution < 1.29 is 14.6 Å². The smallest absolute Gasteiger partial charge is 0.254 e. The molecule has 0 spiro atoms. The molecule has 0 unspecified atom stereocenters. The molecule has 22 heavy (non-hydrogen) atoms. The van der Waals surface area contributed by atoms with Gasteiger partial charge in [0.05, 0.1) is 5.60 Å². The Balaban J connectivity index is 2.82. The highest BCUT2D eigenvalue weighted by molar-refractivity contribution is 5.94. The fourth-order valence-electron chi connectivity index (χ4n) is 2.00. The summed E-state index contributed by atoms with van der Waals surface area (Å²) < 4.78 is 5.63. The summed E-state index contributed by atoms with van der Waals surface area (Å²) in [6, 6.07) is 7.15. The third kappa shape index (κ3) is 6.31. The second-order valence-corrected chi connectivity index (χ2v) is 6.25. The number of rotatable bonds is 7. The van der Waals surface area contributed by atoms with Crippen molar-refractivity contribution in [3.63, 3.8) is 0 Å². The lowest BCUT2D eigenvalue weighted by atomic mass is 10.1. The molecule has 0 aliphatic carbocycles. The fraction of sp³-hybridized carbons (Fsp3) is 0.500. The van der Waals surface area contributed by atoms with Gasteiger partial charge in [0, 0.05) is 18.7 Å². The maximum atomic E-state index is 12.5. The van der Waals surface area contributed by atoms with Crippen molar-refractivity contribution in [2.45, 2.75) is 40.2 Å². The molecular formula is C18H27NO3. The summed E-state index contributed by atoms with van der Waals surface area (Å²) in [5.41, 5.74) is 0.846. The summed E-state index contributed by atoms with van der Waals surface area (Å²) in [6.45, 7) is 10.7. The van der Waals surface area contributed by atoms with Gasteiger partial charge in [-0.15, -0.1) is 0 Å². The molecule has 0 saturated carbocycles. The largest absolute Gasteiger partial charge is 0.490 e. The number of hydrogen-bond acceptors (Lipinski definition) is 3. The van der Waals surface area contributed by atoms with Crippen LogP contribution in [0.25, 0.3) is 0 Å². The summed E-state index contributed by atoms with van der Waals surface area (Å²) in [4.78, 5) is 14.2. The zero-order valence-electron chi connectivity index (χ0n) is 14.2. The number of carbonyl (C=O) groups excluding carboxylic acids is 1. The van der Waals surface area contributed by atoms with Crippen LogP contribution in [-0.2, 0) is 0 Å². The van der Waals surface area contributed by atoms with Crippen LogP contribution < -0.4 is 4.74 Å². The first-order valence-corrected chi connectivity index (χ1v) is 7.61. The third-order valence-corrected chi connectivity index (χ3v) is 3.07. The monoisotopic (exact) mass is 305 g/mol. The normalized spacial score (nSPS) is 11.0. The molecule has 0 aliphatic heterocycles. The number of hydrogen-bond donors (Lipinski definition) is 1. The number of likely N-dealkylation sites (N-methyl/N-ethyl adjacent to an activating group) is 1. The second-order valence-electron chi connectivity index (χ2n) is 6.25. The van der Waals surface area contributed by atoms with E-state index >= 15 is 0 Å². The van der Waals surface area contributed by atoms with Crippen LogP contribution in [0.3, 0.4) is 0 Å². The first-order valence-electron chi connectivity index (χ1n) is 7.61. The van der Waals surface area contributed by atoms with Gasteiger partial charge in [0.25, 0.3) is 5.91 Å². The minimum absolute atomic E-state index is 0.0997. The standard InChI is InChI=1S/C18H27NO3/c1-6-19(13-18(4,5)21)17(20)15-8-7-9-16(12-15)22-11-10-14(2)3/h7-10,12,21H,6,11,13H2,1-5H3. The molecule has 122 valence electrons. The van der Waals surface area contributed by atoms with E-state index in [1.165, 1.54) is 5.57 Å². The van der Waals surface area contributed by atoms with E-state index in [0.717, 1.165) is 0 Å². The van der Waals surface area contributed by atoms with E-state index in [9.17, 15) is 9.90 Å². The average Bonchev–Trinajstić information content (AvgIpc) is 2.43. The van der Waals surface area contributed by atoms with E-state index in [1.807, 2.05) is 39.0 Å². The van der Waals surface area contributed by atoms with Gasteiger partial charge in [0.1, 0.15) is 12.4 Å². The molecule has 0 atom stereocenters. The van der Waals surface area contributed by atoms with Crippen molar-refractivity contribution in [1.29, 1.82) is 0 Å². The van der Waals surface area contributed by atoms with E-state index in [2.05, 4.69) is 0 Å². The van der Waals surface area contributed by atoms with Gasteiger partial charge in [-0.3, -0.25) is 4.79 Å². The molecule has 1 N–H and O–H groups in total. The second kappa shape index (κ2) is 7.99. The Labute approximate surface area is 133 Å². The Morgan fingerprint density at radius 3 is 2.59 bits per heavy atom. The van der Waals surface area contributed by atoms with Crippen LogP contribution in [0.5, 0.6) is 5.75 Å². The minimum Gasteiger partial charge on any atom is -0.490 e. The predicted molar refractivity (Wildman–Crippen MR) is 89.2 cm³/mol. The van der Waals surface area contributed by atoms with Gasteiger partial charge in [-0.05, 0) is 58.9 Å². The van der Waals surface area contributed by atoms with Crippen LogP contribution in [0, 0.1) is 0 Å². The van der Waals surface area contributed by atoms with Crippen LogP contribution in [0.1, 0.15) is 45.0 Å². The number of allylic oxidation sites excluding steroid dienone is 1. The SMILES string of the molecule is CCN(CC(C)(C)O)C(=O)c1cccc(OCC=C(C)C)c1. The molecule has 1 amide bonds. The van der Waals surface area contributed by atoms with Crippen molar-refractivity contribution in [2.24, 2.45) is 0 Å². The molecule has 4 nitrogen and oxygen atoms in total. The number of carbonyl (C=O) groups is 1. The summed E-state index contributed by atoms with van der Waals surface area (Å²) in [5.74, 6) is 0.569. The van der Waals surface area contributed by atoms with Gasteiger partial charge >= 0.3 is 0 Å². The van der Waals surface area contributed by atoms with E-state index in [1.54, 1.807) is 30.9 Å². The van der Waals surface area contributed by atoms with Gasteiger partial charge in [-0.2, -0.15) is 0 Å². The van der Waals surface area contributed by atoms with Crippen molar-refractivity contribution >= 4 is 5.91 Å². The molecule has 1 rings (SSSR count). The topological polar surface area (TPSA) is 49.8 Å². The van der Waals surface area contributed by atoms with Crippen LogP contribution in [0.2, 0.25) is 0 Å². The number of aliphatic hydroxyl groups is 1. The van der Waals surface area contributed by atoms with Crippen LogP contribution in [0.4, 0.5) is 0 Å². The molecule has 0 fully saturated rings. The van der Waals surface area contributed by atoms with Crippen LogP contribution in [-0.4, -0.2) is 41.2 Å². The van der Waals surface area contributed by atoms with Crippen molar-refractivity contribution in [3.05, 3.63) is 41.5 Å². The van der Waals surface area contributed by atoms with Gasteiger partial charge in [0.15, 0.2) is 0 Å². The molecular weight excluding hydrogens is 278 g/mol. The molecule has 4 heteroatoms. The van der Waals surface area contributed by atoms with Gasteiger partial charge < -0.3 is 14.7 Å². The minimum atomic E-state index is -0.913. The van der Waals surface area contributed by atoms with Crippen molar-refractivity contribution in [1.82, 2.24) is 4.90 Å². The number of nitrogens with zero attached hydrogens (tertiary/aromatic N) is 1. The maximum absolute atomic E-state index is 12.5. The molecule has 0 heterocycles. The third-order valence-electron chi connectivity index (χ3n) is 3.07. The Morgan fingerprint density at radius 1 is 1.36 bits per heavy atom. The first kappa shape index (κ1) is 18.2. The lowest BCUT2D eigenvalue weighted by molar-refractivity contribution is 0.0314. The number of amides is 1. The Kier molecular flexibility index (Phi) is 6.62. The van der Waals surface area contributed by atoms with E-state index in [-0.39, 0.29) is 5.91 Å². The Hall–Kier alpha value is -1.81. The average molecular weight is 305 g/mol. The van der Waals surface area contributed by atoms with E-state index in [4.69, 9.17) is 4.74 Å². The Bertz CT molecular complexity index is 525. The highest BCUT2D eigenvalue weighted by Gasteiger charge is 2.22. The summed E-state index contributed by atoms with van der Waals surface area (Å²) >= 11 is 0. The molecule has 0 radical (unpaired) electrons. The first-order chi connectivity index (χ1) is 10.2. The zero-order valence-corrected chi connectivity index (χ0v) is 14.2. The summed E-state index contributed by atoms with van der Waals surface area (Å²) in [6.07, 6.45) is 1.99. The predicted octanol–water partition coefficient (Wildman–Crippen LogP) is 3.26. The molecule has 1 aromatic rings. The van der Waals surface area contributed by atoms with Crippen LogP contribution >= 0.6 is 0 Å². The van der Waals surface area contributed by atoms with Gasteiger partial charge in [-0.25, -0.2) is 0 Å². The molecule has 0 bridgehead atoms. The van der Waals surface area contributed by atoms with Crippen molar-refractivity contribution in [3.8, 4) is 5.75 Å². The molecule has 1 aromatic carbocycles. The quantitative estimate of drug-likeness (QED) is 0.787. The molecule has 0 aromatic heterocycles. The van der Waals surface area contributed by atoms with E-state index in [0.29, 0.717) is 31.0 Å². The summed E-state index contributed by atoms with van der Waals surface area (Å²) in [7, 11) is 0. The lowest BCUT2D eigenvalue weighted by Gasteiger charge is -2.28. The highest BCUT2D eigenvalue weighted by atomic mass is 16.5. The van der Waals surface area contributed by atoms with E-state index < -0.39 is 5.60 Å². The zero-order chi connectivity index (χ0) is 16.8. The van der Waals surface area contributed by atoms with Crippen molar-refractivity contribution in [2.75, 3.05) is 19.7 Å². The highest BCUT2D eigenvalue weighted by Crippen LogP contribution is 2.16. The van der Waals surface area contributed by atoms with Crippen LogP contribution in [0.15, 0.2) is 35.9 Å².